The molecule has 0 radical (unpaired) electrons. The van der Waals surface area contributed by atoms with Crippen LogP contribution in [0.2, 0.25) is 0 Å². The lowest BCUT2D eigenvalue weighted by Crippen LogP contribution is -2.43. The molecule has 6 heteroatoms. The lowest BCUT2D eigenvalue weighted by atomic mass is 10.2. The molecule has 2 aromatic rings. The third-order valence-corrected chi connectivity index (χ3v) is 9.29. The van der Waals surface area contributed by atoms with E-state index in [4.69, 9.17) is 39.7 Å². The van der Waals surface area contributed by atoms with Crippen molar-refractivity contribution in [3.8, 4) is 0 Å². The van der Waals surface area contributed by atoms with Crippen LogP contribution in [0.5, 0.6) is 0 Å². The molecule has 0 aliphatic carbocycles. The highest BCUT2D eigenvalue weighted by Gasteiger charge is 2.31. The van der Waals surface area contributed by atoms with Crippen LogP contribution in [-0.4, -0.2) is 30.0 Å². The highest BCUT2D eigenvalue weighted by atomic mass is 35.5. The van der Waals surface area contributed by atoms with Gasteiger partial charge in [-0.05, 0) is 36.6 Å². The molecule has 0 N–H and O–H groups in total. The van der Waals surface area contributed by atoms with E-state index in [0.29, 0.717) is 10.1 Å². The lowest BCUT2D eigenvalue weighted by molar-refractivity contribution is -0.0428. The van der Waals surface area contributed by atoms with E-state index in [1.807, 2.05) is 72.3 Å². The van der Waals surface area contributed by atoms with E-state index in [1.165, 1.54) is 0 Å². The van der Waals surface area contributed by atoms with Crippen LogP contribution in [-0.2, 0) is 16.5 Å². The first-order valence-corrected chi connectivity index (χ1v) is 12.9. The number of hydrogen-bond acceptors (Lipinski definition) is 2. The molecule has 3 atom stereocenters. The first kappa shape index (κ1) is 21.8. The summed E-state index contributed by atoms with van der Waals surface area (Å²) < 4.78 is 8.23. The number of hydrogen-bond donors (Lipinski definition) is 0. The average Bonchev–Trinajstić information content (AvgIpc) is 2.68. The molecule has 148 valence electrons. The predicted octanol–water partition coefficient (Wildman–Crippen LogP) is 6.96. The fourth-order valence-corrected chi connectivity index (χ4v) is 8.12. The molecule has 2 aromatic carbocycles. The van der Waals surface area contributed by atoms with Crippen LogP contribution in [0.3, 0.4) is 0 Å². The minimum absolute atomic E-state index is 0.110. The molecule has 0 saturated carbocycles. The van der Waals surface area contributed by atoms with Gasteiger partial charge in [-0.2, -0.15) is 0 Å². The highest BCUT2D eigenvalue weighted by molar-refractivity contribution is 8.16. The molecule has 1 aliphatic heterocycles. The molecule has 28 heavy (non-hydrogen) atoms. The maximum absolute atomic E-state index is 6.70. The zero-order chi connectivity index (χ0) is 20.1. The molecule has 1 fully saturated rings. The van der Waals surface area contributed by atoms with Gasteiger partial charge >= 0.3 is 0 Å². The molecular weight excluding hydrogens is 428 g/mol. The Morgan fingerprint density at radius 1 is 0.893 bits per heavy atom. The minimum atomic E-state index is -2.31. The van der Waals surface area contributed by atoms with E-state index in [-0.39, 0.29) is 12.2 Å². The second kappa shape index (κ2) is 9.71. The molecule has 0 bridgehead atoms. The first-order valence-electron chi connectivity index (χ1n) is 9.25. The minimum Gasteiger partial charge on any atom is -0.373 e. The van der Waals surface area contributed by atoms with Crippen molar-refractivity contribution >= 4 is 51.3 Å². The summed E-state index contributed by atoms with van der Waals surface area (Å²) >= 11 is 19.6. The van der Waals surface area contributed by atoms with Gasteiger partial charge in [0.05, 0.1) is 28.5 Å². The monoisotopic (exact) mass is 451 g/mol. The first-order chi connectivity index (χ1) is 13.4. The third kappa shape index (κ3) is 5.57. The topological polar surface area (TPSA) is 12.5 Å². The van der Waals surface area contributed by atoms with Crippen LogP contribution in [0.1, 0.15) is 25.0 Å². The standard InChI is InChI=1S/C22H24Cl2NOPS/c1-17-13-25(14-18(2)26-17)27(28,15-21(23)19-9-5-3-6-10-19)16-22(24)20-11-7-4-8-12-20/h3-12,15-18H,13-14H2,1-2H3/b21-15-,22-16+. The molecule has 1 aliphatic rings. The summed E-state index contributed by atoms with van der Waals surface area (Å²) in [5.74, 6) is 4.05. The predicted molar refractivity (Wildman–Crippen MR) is 126 cm³/mol. The number of nitrogens with zero attached hydrogens (tertiary/aromatic N) is 1. The Labute approximate surface area is 182 Å². The summed E-state index contributed by atoms with van der Waals surface area (Å²) in [5, 5.41) is 1.31. The van der Waals surface area contributed by atoms with Gasteiger partial charge in [-0.1, -0.05) is 95.7 Å². The smallest absolute Gasteiger partial charge is 0.0681 e. The van der Waals surface area contributed by atoms with E-state index in [9.17, 15) is 0 Å². The van der Waals surface area contributed by atoms with Crippen molar-refractivity contribution in [2.24, 2.45) is 0 Å². The third-order valence-electron chi connectivity index (χ3n) is 4.54. The fraction of sp³-hybridized carbons (Fsp3) is 0.273. The summed E-state index contributed by atoms with van der Waals surface area (Å²) in [5.41, 5.74) is 1.91. The number of ether oxygens (including phenoxy) is 1. The van der Waals surface area contributed by atoms with Crippen LogP contribution in [0, 0.1) is 0 Å². The molecule has 3 rings (SSSR count). The number of morpholine rings is 1. The van der Waals surface area contributed by atoms with Crippen LogP contribution in [0.25, 0.3) is 10.1 Å². The van der Waals surface area contributed by atoms with Crippen molar-refractivity contribution in [2.75, 3.05) is 13.1 Å². The van der Waals surface area contributed by atoms with Crippen molar-refractivity contribution in [3.05, 3.63) is 83.4 Å². The van der Waals surface area contributed by atoms with Crippen molar-refractivity contribution in [1.29, 1.82) is 0 Å². The molecule has 2 nitrogen and oxygen atoms in total. The Morgan fingerprint density at radius 3 is 1.68 bits per heavy atom. The normalized spacial score (nSPS) is 24.0. The molecular formula is C22H24Cl2NOPS. The van der Waals surface area contributed by atoms with Crippen LogP contribution in [0.15, 0.2) is 72.3 Å². The maximum atomic E-state index is 6.70. The van der Waals surface area contributed by atoms with E-state index in [1.54, 1.807) is 0 Å². The Kier molecular flexibility index (Phi) is 7.55. The van der Waals surface area contributed by atoms with Gasteiger partial charge in [-0.25, -0.2) is 0 Å². The average molecular weight is 452 g/mol. The Hall–Kier alpha value is -0.930. The van der Waals surface area contributed by atoms with Crippen molar-refractivity contribution in [1.82, 2.24) is 4.67 Å². The number of halogens is 2. The largest absolute Gasteiger partial charge is 0.373 e. The lowest BCUT2D eigenvalue weighted by Gasteiger charge is -2.40. The summed E-state index contributed by atoms with van der Waals surface area (Å²) in [4.78, 5) is 0. The van der Waals surface area contributed by atoms with Gasteiger partial charge in [0.15, 0.2) is 0 Å². The van der Waals surface area contributed by atoms with Crippen molar-refractivity contribution < 1.29 is 4.74 Å². The maximum Gasteiger partial charge on any atom is 0.0681 e. The second-order valence-corrected chi connectivity index (χ2v) is 12.0. The van der Waals surface area contributed by atoms with Crippen LogP contribution < -0.4 is 0 Å². The highest BCUT2D eigenvalue weighted by Crippen LogP contribution is 2.58. The van der Waals surface area contributed by atoms with Gasteiger partial charge < -0.3 is 4.74 Å². The molecule has 1 heterocycles. The summed E-state index contributed by atoms with van der Waals surface area (Å²) in [7, 11) is 0. The molecule has 0 amide bonds. The number of rotatable bonds is 5. The van der Waals surface area contributed by atoms with E-state index in [2.05, 4.69) is 18.5 Å². The van der Waals surface area contributed by atoms with Crippen molar-refractivity contribution in [3.63, 3.8) is 0 Å². The van der Waals surface area contributed by atoms with Gasteiger partial charge in [0.2, 0.25) is 0 Å². The zero-order valence-electron chi connectivity index (χ0n) is 16.0. The van der Waals surface area contributed by atoms with E-state index < -0.39 is 6.19 Å². The zero-order valence-corrected chi connectivity index (χ0v) is 19.2. The van der Waals surface area contributed by atoms with Gasteiger partial charge in [0.1, 0.15) is 0 Å². The van der Waals surface area contributed by atoms with Gasteiger partial charge in [-0.3, -0.25) is 4.67 Å². The van der Waals surface area contributed by atoms with Crippen LogP contribution in [0.4, 0.5) is 0 Å². The molecule has 1 saturated heterocycles. The summed E-state index contributed by atoms with van der Waals surface area (Å²) in [6.45, 7) is 5.67. The quantitative estimate of drug-likeness (QED) is 0.455. The SMILES string of the molecule is CC1CN(P(=S)(/C=C(\Cl)c2ccccc2)/C=C(/Cl)c2ccccc2)CC(C)O1. The molecule has 0 aromatic heterocycles. The Balaban J connectivity index is 2.04. The van der Waals surface area contributed by atoms with Gasteiger partial charge in [0.25, 0.3) is 0 Å². The Morgan fingerprint density at radius 2 is 1.29 bits per heavy atom. The van der Waals surface area contributed by atoms with E-state index in [0.717, 1.165) is 24.2 Å². The van der Waals surface area contributed by atoms with Gasteiger partial charge in [-0.15, -0.1) is 0 Å². The summed E-state index contributed by atoms with van der Waals surface area (Å²) in [6, 6.07) is 19.8. The van der Waals surface area contributed by atoms with Crippen LogP contribution >= 0.6 is 29.4 Å². The number of benzene rings is 2. The second-order valence-electron chi connectivity index (χ2n) is 6.99. The Bertz CT molecular complexity index is 832. The summed E-state index contributed by atoms with van der Waals surface area (Å²) in [6.07, 6.45) is -2.09. The van der Waals surface area contributed by atoms with E-state index >= 15 is 0 Å². The molecule has 0 spiro atoms. The van der Waals surface area contributed by atoms with Gasteiger partial charge in [0, 0.05) is 13.1 Å². The fourth-order valence-electron chi connectivity index (χ4n) is 3.28. The molecule has 3 unspecified atom stereocenters. The van der Waals surface area contributed by atoms with Crippen molar-refractivity contribution in [2.45, 2.75) is 26.1 Å².